The summed E-state index contributed by atoms with van der Waals surface area (Å²) in [5.74, 6) is 0.391. The molecule has 4 N–H and O–H groups in total. The van der Waals surface area contributed by atoms with Crippen LogP contribution < -0.4 is 16.4 Å². The maximum atomic E-state index is 12.0. The van der Waals surface area contributed by atoms with Gasteiger partial charge in [0.05, 0.1) is 0 Å². The van der Waals surface area contributed by atoms with Crippen molar-refractivity contribution >= 4 is 11.9 Å². The summed E-state index contributed by atoms with van der Waals surface area (Å²) in [4.78, 5) is 25.5. The highest BCUT2D eigenvalue weighted by atomic mass is 16.2. The lowest BCUT2D eigenvalue weighted by molar-refractivity contribution is -0.121. The van der Waals surface area contributed by atoms with Crippen LogP contribution in [0.4, 0.5) is 4.79 Å². The molecular formula is C18H30N4O2. The number of rotatable bonds is 9. The van der Waals surface area contributed by atoms with Gasteiger partial charge in [-0.2, -0.15) is 0 Å². The Balaban J connectivity index is 2.27. The average molecular weight is 334 g/mol. The maximum Gasteiger partial charge on any atom is 0.317 e. The first-order chi connectivity index (χ1) is 11.4. The van der Waals surface area contributed by atoms with Crippen molar-refractivity contribution in [3.63, 3.8) is 0 Å². The Morgan fingerprint density at radius 2 is 1.88 bits per heavy atom. The van der Waals surface area contributed by atoms with E-state index in [9.17, 15) is 9.59 Å². The molecule has 0 aliphatic heterocycles. The number of nitrogens with two attached hydrogens (primary N) is 1. The Morgan fingerprint density at radius 1 is 1.21 bits per heavy atom. The molecule has 0 spiro atoms. The first-order valence-electron chi connectivity index (χ1n) is 8.44. The Hall–Kier alpha value is -2.08. The van der Waals surface area contributed by atoms with Gasteiger partial charge in [-0.05, 0) is 17.9 Å². The van der Waals surface area contributed by atoms with E-state index in [2.05, 4.69) is 24.5 Å². The zero-order valence-electron chi connectivity index (χ0n) is 14.9. The first-order valence-corrected chi connectivity index (χ1v) is 8.44. The standard InChI is InChI=1S/C18H30N4O2/c1-14(2)11-16(12-19)21-17(23)9-10-20-18(24)22(3)13-15-7-5-4-6-8-15/h4-8,14,16H,9-13,19H2,1-3H3,(H,20,24)(H,21,23). The summed E-state index contributed by atoms with van der Waals surface area (Å²) in [5.41, 5.74) is 6.73. The highest BCUT2D eigenvalue weighted by Gasteiger charge is 2.13. The number of benzene rings is 1. The van der Waals surface area contributed by atoms with Crippen molar-refractivity contribution in [3.8, 4) is 0 Å². The summed E-state index contributed by atoms with van der Waals surface area (Å²) in [6.07, 6.45) is 1.11. The highest BCUT2D eigenvalue weighted by molar-refractivity contribution is 5.78. The molecule has 0 saturated heterocycles. The minimum Gasteiger partial charge on any atom is -0.352 e. The van der Waals surface area contributed by atoms with E-state index in [1.54, 1.807) is 11.9 Å². The zero-order valence-corrected chi connectivity index (χ0v) is 14.9. The third-order valence-electron chi connectivity index (χ3n) is 3.64. The minimum atomic E-state index is -0.191. The average Bonchev–Trinajstić information content (AvgIpc) is 2.54. The maximum absolute atomic E-state index is 12.0. The van der Waals surface area contributed by atoms with Crippen LogP contribution in [0.5, 0.6) is 0 Å². The van der Waals surface area contributed by atoms with Crippen LogP contribution in [0.3, 0.4) is 0 Å². The Morgan fingerprint density at radius 3 is 2.46 bits per heavy atom. The molecule has 0 radical (unpaired) electrons. The van der Waals surface area contributed by atoms with E-state index in [0.29, 0.717) is 25.6 Å². The topological polar surface area (TPSA) is 87.5 Å². The molecule has 0 heterocycles. The summed E-state index contributed by atoms with van der Waals surface area (Å²) in [5, 5.41) is 5.67. The number of hydrogen-bond donors (Lipinski definition) is 3. The molecule has 6 nitrogen and oxygen atoms in total. The number of nitrogens with one attached hydrogen (secondary N) is 2. The first kappa shape index (κ1) is 20.0. The van der Waals surface area contributed by atoms with Gasteiger partial charge in [0.25, 0.3) is 0 Å². The van der Waals surface area contributed by atoms with Gasteiger partial charge in [0.2, 0.25) is 5.91 Å². The molecule has 6 heteroatoms. The largest absolute Gasteiger partial charge is 0.352 e. The van der Waals surface area contributed by atoms with E-state index in [4.69, 9.17) is 5.73 Å². The number of hydrogen-bond acceptors (Lipinski definition) is 3. The molecule has 1 unspecified atom stereocenters. The molecule has 0 fully saturated rings. The van der Waals surface area contributed by atoms with Gasteiger partial charge in [0.15, 0.2) is 0 Å². The van der Waals surface area contributed by atoms with E-state index in [1.165, 1.54) is 0 Å². The van der Waals surface area contributed by atoms with Crippen molar-refractivity contribution in [2.24, 2.45) is 11.7 Å². The van der Waals surface area contributed by atoms with Crippen molar-refractivity contribution in [3.05, 3.63) is 35.9 Å². The Kier molecular flexibility index (Phi) is 8.86. The van der Waals surface area contributed by atoms with Crippen molar-refractivity contribution in [2.75, 3.05) is 20.1 Å². The van der Waals surface area contributed by atoms with E-state index < -0.39 is 0 Å². The van der Waals surface area contributed by atoms with Gasteiger partial charge in [-0.25, -0.2) is 4.79 Å². The summed E-state index contributed by atoms with van der Waals surface area (Å²) in [6.45, 7) is 5.45. The van der Waals surface area contributed by atoms with Crippen molar-refractivity contribution in [2.45, 2.75) is 39.3 Å². The van der Waals surface area contributed by atoms with Gasteiger partial charge in [-0.15, -0.1) is 0 Å². The fraction of sp³-hybridized carbons (Fsp3) is 0.556. The molecule has 1 aromatic carbocycles. The number of nitrogens with zero attached hydrogens (tertiary/aromatic N) is 1. The number of amides is 3. The third kappa shape index (κ3) is 7.97. The predicted octanol–water partition coefficient (Wildman–Crippen LogP) is 1.71. The summed E-state index contributed by atoms with van der Waals surface area (Å²) >= 11 is 0. The van der Waals surface area contributed by atoms with E-state index in [-0.39, 0.29) is 24.4 Å². The second kappa shape index (κ2) is 10.6. The van der Waals surface area contributed by atoms with Crippen molar-refractivity contribution < 1.29 is 9.59 Å². The normalized spacial score (nSPS) is 11.9. The van der Waals surface area contributed by atoms with Crippen LogP contribution in [0.2, 0.25) is 0 Å². The van der Waals surface area contributed by atoms with Gasteiger partial charge >= 0.3 is 6.03 Å². The number of urea groups is 1. The highest BCUT2D eigenvalue weighted by Crippen LogP contribution is 2.04. The SMILES string of the molecule is CC(C)CC(CN)NC(=O)CCNC(=O)N(C)Cc1ccccc1. The van der Waals surface area contributed by atoms with E-state index in [1.807, 2.05) is 30.3 Å². The Bertz CT molecular complexity index is 505. The van der Waals surface area contributed by atoms with Crippen LogP contribution in [0.15, 0.2) is 30.3 Å². The molecule has 3 amide bonds. The van der Waals surface area contributed by atoms with Gasteiger partial charge < -0.3 is 21.3 Å². The summed E-state index contributed by atoms with van der Waals surface area (Å²) in [7, 11) is 1.73. The molecule has 0 aromatic heterocycles. The molecule has 1 aromatic rings. The van der Waals surface area contributed by atoms with Crippen LogP contribution in [0, 0.1) is 5.92 Å². The fourth-order valence-corrected chi connectivity index (χ4v) is 2.43. The molecule has 1 atom stereocenters. The monoisotopic (exact) mass is 334 g/mol. The quantitative estimate of drug-likeness (QED) is 0.642. The summed E-state index contributed by atoms with van der Waals surface area (Å²) in [6, 6.07) is 9.57. The lowest BCUT2D eigenvalue weighted by Gasteiger charge is -2.20. The lowest BCUT2D eigenvalue weighted by Crippen LogP contribution is -2.43. The van der Waals surface area contributed by atoms with Crippen LogP contribution in [0.25, 0.3) is 0 Å². The van der Waals surface area contributed by atoms with Crippen LogP contribution >= 0.6 is 0 Å². The lowest BCUT2D eigenvalue weighted by atomic mass is 10.0. The predicted molar refractivity (Wildman–Crippen MR) is 96.4 cm³/mol. The summed E-state index contributed by atoms with van der Waals surface area (Å²) < 4.78 is 0. The number of carbonyl (C=O) groups excluding carboxylic acids is 2. The van der Waals surface area contributed by atoms with Gasteiger partial charge in [-0.1, -0.05) is 44.2 Å². The molecule has 24 heavy (non-hydrogen) atoms. The molecular weight excluding hydrogens is 304 g/mol. The molecule has 0 aliphatic rings. The smallest absolute Gasteiger partial charge is 0.317 e. The second-order valence-electron chi connectivity index (χ2n) is 6.45. The molecule has 0 saturated carbocycles. The minimum absolute atomic E-state index is 0.00560. The zero-order chi connectivity index (χ0) is 17.9. The van der Waals surface area contributed by atoms with Gasteiger partial charge in [0.1, 0.15) is 0 Å². The Labute approximate surface area is 144 Å². The third-order valence-corrected chi connectivity index (χ3v) is 3.64. The van der Waals surface area contributed by atoms with Crippen LogP contribution in [-0.4, -0.2) is 43.0 Å². The molecule has 134 valence electrons. The van der Waals surface area contributed by atoms with E-state index >= 15 is 0 Å². The van der Waals surface area contributed by atoms with Gasteiger partial charge in [0, 0.05) is 39.1 Å². The van der Waals surface area contributed by atoms with E-state index in [0.717, 1.165) is 12.0 Å². The van der Waals surface area contributed by atoms with Gasteiger partial charge in [-0.3, -0.25) is 4.79 Å². The van der Waals surface area contributed by atoms with Crippen molar-refractivity contribution in [1.82, 2.24) is 15.5 Å². The molecule has 0 bridgehead atoms. The fourth-order valence-electron chi connectivity index (χ4n) is 2.43. The van der Waals surface area contributed by atoms with Crippen LogP contribution in [-0.2, 0) is 11.3 Å². The molecule has 0 aliphatic carbocycles. The van der Waals surface area contributed by atoms with Crippen molar-refractivity contribution in [1.29, 1.82) is 0 Å². The number of carbonyl (C=O) groups is 2. The van der Waals surface area contributed by atoms with Crippen LogP contribution in [0.1, 0.15) is 32.3 Å². The second-order valence-corrected chi connectivity index (χ2v) is 6.45. The molecule has 1 rings (SSSR count).